The Balaban J connectivity index is 1.64. The highest BCUT2D eigenvalue weighted by Gasteiger charge is 2.29. The van der Waals surface area contributed by atoms with Gasteiger partial charge in [0, 0.05) is 14.1 Å². The molecule has 0 saturated carbocycles. The molecule has 1 N–H and O–H groups in total. The molecule has 0 unspecified atom stereocenters. The number of nitrogens with zero attached hydrogens (tertiary/aromatic N) is 4. The number of rotatable bonds is 6. The number of ether oxygens (including phenoxy) is 1. The summed E-state index contributed by atoms with van der Waals surface area (Å²) in [6.07, 6.45) is 1.34. The van der Waals surface area contributed by atoms with Gasteiger partial charge in [-0.1, -0.05) is 29.0 Å². The lowest BCUT2D eigenvalue weighted by Gasteiger charge is -2.20. The summed E-state index contributed by atoms with van der Waals surface area (Å²) in [5.41, 5.74) is 1.78. The van der Waals surface area contributed by atoms with Crippen LogP contribution in [0.15, 0.2) is 53.6 Å². The van der Waals surface area contributed by atoms with Crippen LogP contribution in [0.2, 0.25) is 0 Å². The fraction of sp³-hybridized carbons (Fsp3) is 0.190. The van der Waals surface area contributed by atoms with E-state index >= 15 is 0 Å². The van der Waals surface area contributed by atoms with Crippen molar-refractivity contribution in [1.82, 2.24) is 14.8 Å². The van der Waals surface area contributed by atoms with Crippen molar-refractivity contribution in [2.24, 2.45) is 7.05 Å². The van der Waals surface area contributed by atoms with Crippen LogP contribution >= 0.6 is 11.3 Å². The molecule has 0 bridgehead atoms. The summed E-state index contributed by atoms with van der Waals surface area (Å²) < 4.78 is 34.8. The van der Waals surface area contributed by atoms with E-state index in [-0.39, 0.29) is 16.3 Å². The van der Waals surface area contributed by atoms with Gasteiger partial charge in [-0.05, 0) is 37.3 Å². The summed E-state index contributed by atoms with van der Waals surface area (Å²) in [5, 5.41) is 7.23. The minimum Gasteiger partial charge on any atom is -0.497 e. The predicted molar refractivity (Wildman–Crippen MR) is 124 cm³/mol. The van der Waals surface area contributed by atoms with E-state index in [0.29, 0.717) is 10.9 Å². The number of methoxy groups -OCH3 is 1. The van der Waals surface area contributed by atoms with Crippen molar-refractivity contribution < 1.29 is 17.9 Å². The third-order valence-corrected chi connectivity index (χ3v) is 7.64. The van der Waals surface area contributed by atoms with Crippen LogP contribution in [-0.2, 0) is 17.1 Å². The van der Waals surface area contributed by atoms with Gasteiger partial charge in [0.15, 0.2) is 10.9 Å². The molecule has 4 rings (SSSR count). The number of aromatic nitrogens is 3. The third-order valence-electron chi connectivity index (χ3n) is 4.95. The molecule has 0 aliphatic heterocycles. The van der Waals surface area contributed by atoms with E-state index in [1.807, 2.05) is 13.0 Å². The molecule has 2 aromatic heterocycles. The van der Waals surface area contributed by atoms with Crippen molar-refractivity contribution in [2.45, 2.75) is 11.8 Å². The van der Waals surface area contributed by atoms with Gasteiger partial charge in [-0.25, -0.2) is 13.4 Å². The highest BCUT2D eigenvalue weighted by atomic mass is 32.2. The van der Waals surface area contributed by atoms with Crippen molar-refractivity contribution in [2.75, 3.05) is 23.8 Å². The lowest BCUT2D eigenvalue weighted by atomic mass is 10.2. The molecule has 0 aliphatic rings. The van der Waals surface area contributed by atoms with E-state index in [1.54, 1.807) is 38.4 Å². The second-order valence-corrected chi connectivity index (χ2v) is 10.1. The first-order chi connectivity index (χ1) is 15.2. The minimum atomic E-state index is -3.89. The minimum absolute atomic E-state index is 0.113. The van der Waals surface area contributed by atoms with Gasteiger partial charge in [0.05, 0.1) is 28.4 Å². The summed E-state index contributed by atoms with van der Waals surface area (Å²) in [6.45, 7) is 1.88. The molecule has 0 fully saturated rings. The maximum absolute atomic E-state index is 13.1. The molecule has 0 spiro atoms. The maximum atomic E-state index is 13.1. The number of hydrogen-bond donors (Lipinski definition) is 1. The first kappa shape index (κ1) is 21.8. The number of hydrogen-bond acceptors (Lipinski definition) is 7. The number of carbonyl (C=O) groups excluding carboxylic acids is 1. The average molecular weight is 472 g/mol. The number of anilines is 2. The highest BCUT2D eigenvalue weighted by molar-refractivity contribution is 7.92. The molecule has 2 aromatic carbocycles. The van der Waals surface area contributed by atoms with Gasteiger partial charge in [0.1, 0.15) is 11.3 Å². The largest absolute Gasteiger partial charge is 0.497 e. The molecule has 1 amide bonds. The van der Waals surface area contributed by atoms with Crippen LogP contribution in [0, 0.1) is 6.92 Å². The fourth-order valence-corrected chi connectivity index (χ4v) is 5.33. The predicted octanol–water partition coefficient (Wildman–Crippen LogP) is 3.42. The van der Waals surface area contributed by atoms with E-state index in [0.717, 1.165) is 20.1 Å². The molecule has 0 radical (unpaired) electrons. The molecule has 11 heteroatoms. The zero-order valence-electron chi connectivity index (χ0n) is 17.9. The maximum Gasteiger partial charge on any atom is 0.265 e. The molecular weight excluding hydrogens is 450 g/mol. The molecule has 9 nitrogen and oxygen atoms in total. The summed E-state index contributed by atoms with van der Waals surface area (Å²) in [4.78, 5) is 17.6. The first-order valence-electron chi connectivity index (χ1n) is 9.54. The third kappa shape index (κ3) is 3.92. The van der Waals surface area contributed by atoms with Gasteiger partial charge in [-0.15, -0.1) is 0 Å². The molecule has 0 aliphatic carbocycles. The Hall–Kier alpha value is -3.44. The molecular formula is C21H21N5O4S2. The van der Waals surface area contributed by atoms with Crippen LogP contribution in [-0.4, -0.2) is 43.2 Å². The molecule has 32 heavy (non-hydrogen) atoms. The monoisotopic (exact) mass is 471 g/mol. The number of benzene rings is 2. The zero-order valence-corrected chi connectivity index (χ0v) is 19.5. The number of nitrogens with one attached hydrogen (secondary N) is 1. The molecule has 2 heterocycles. The Labute approximate surface area is 189 Å². The van der Waals surface area contributed by atoms with Crippen LogP contribution in [0.1, 0.15) is 15.9 Å². The van der Waals surface area contributed by atoms with Crippen LogP contribution < -0.4 is 14.4 Å². The molecule has 4 aromatic rings. The second kappa shape index (κ2) is 8.24. The summed E-state index contributed by atoms with van der Waals surface area (Å²) in [7, 11) is 0.663. The normalized spacial score (nSPS) is 11.5. The van der Waals surface area contributed by atoms with Crippen LogP contribution in [0.4, 0.5) is 10.9 Å². The van der Waals surface area contributed by atoms with Gasteiger partial charge in [0.2, 0.25) is 0 Å². The summed E-state index contributed by atoms with van der Waals surface area (Å²) in [6, 6.07) is 11.9. The Morgan fingerprint density at radius 2 is 1.91 bits per heavy atom. The Morgan fingerprint density at radius 1 is 1.19 bits per heavy atom. The van der Waals surface area contributed by atoms with E-state index < -0.39 is 15.9 Å². The molecule has 0 atom stereocenters. The summed E-state index contributed by atoms with van der Waals surface area (Å²) >= 11 is 1.29. The number of aryl methyl sites for hydroxylation is 2. The van der Waals surface area contributed by atoms with Gasteiger partial charge in [0.25, 0.3) is 15.9 Å². The average Bonchev–Trinajstić information content (AvgIpc) is 3.35. The topological polar surface area (TPSA) is 106 Å². The first-order valence-corrected chi connectivity index (χ1v) is 11.8. The van der Waals surface area contributed by atoms with Crippen LogP contribution in [0.5, 0.6) is 5.75 Å². The standard InChI is InChI=1S/C21H21N5O4S2/c1-13-5-8-15(9-6-13)32(28,29)26(3)20-16(12-22-25(20)2)19(27)24-21-23-17-10-7-14(30-4)11-18(17)31-21/h5-12H,1-4H3,(H,23,24,27). The van der Waals surface area contributed by atoms with Crippen LogP contribution in [0.25, 0.3) is 10.2 Å². The van der Waals surface area contributed by atoms with Crippen molar-refractivity contribution in [3.63, 3.8) is 0 Å². The van der Waals surface area contributed by atoms with Gasteiger partial charge in [-0.2, -0.15) is 5.10 Å². The lowest BCUT2D eigenvalue weighted by molar-refractivity contribution is 0.102. The van der Waals surface area contributed by atoms with Crippen molar-refractivity contribution in [3.8, 4) is 5.75 Å². The van der Waals surface area contributed by atoms with Gasteiger partial charge < -0.3 is 4.74 Å². The van der Waals surface area contributed by atoms with Crippen LogP contribution in [0.3, 0.4) is 0 Å². The van der Waals surface area contributed by atoms with Crippen molar-refractivity contribution in [3.05, 3.63) is 59.8 Å². The van der Waals surface area contributed by atoms with E-state index in [2.05, 4.69) is 15.4 Å². The fourth-order valence-electron chi connectivity index (χ4n) is 3.20. The number of thiazole rings is 1. The highest BCUT2D eigenvalue weighted by Crippen LogP contribution is 2.31. The van der Waals surface area contributed by atoms with E-state index in [4.69, 9.17) is 4.74 Å². The lowest BCUT2D eigenvalue weighted by Crippen LogP contribution is -2.30. The van der Waals surface area contributed by atoms with E-state index in [9.17, 15) is 13.2 Å². The summed E-state index contributed by atoms with van der Waals surface area (Å²) in [5.74, 6) is 0.326. The number of amides is 1. The van der Waals surface area contributed by atoms with Crippen molar-refractivity contribution >= 4 is 48.4 Å². The Kier molecular flexibility index (Phi) is 5.61. The van der Waals surface area contributed by atoms with Crippen molar-refractivity contribution in [1.29, 1.82) is 0 Å². The quantitative estimate of drug-likeness (QED) is 0.462. The number of sulfonamides is 1. The molecule has 0 saturated heterocycles. The smallest absolute Gasteiger partial charge is 0.265 e. The van der Waals surface area contributed by atoms with Gasteiger partial charge >= 0.3 is 0 Å². The molecule has 166 valence electrons. The Morgan fingerprint density at radius 3 is 2.59 bits per heavy atom. The zero-order chi connectivity index (χ0) is 23.0. The van der Waals surface area contributed by atoms with Gasteiger partial charge in [-0.3, -0.25) is 19.1 Å². The Bertz CT molecular complexity index is 1410. The number of carbonyl (C=O) groups is 1. The number of fused-ring (bicyclic) bond motifs is 1. The SMILES string of the molecule is COc1ccc2nc(NC(=O)c3cnn(C)c3N(C)S(=O)(=O)c3ccc(C)cc3)sc2c1. The van der Waals surface area contributed by atoms with E-state index in [1.165, 1.54) is 41.4 Å². The second-order valence-electron chi connectivity index (χ2n) is 7.10.